The summed E-state index contributed by atoms with van der Waals surface area (Å²) in [6.45, 7) is 0. The molecule has 0 aliphatic carbocycles. The summed E-state index contributed by atoms with van der Waals surface area (Å²) in [5, 5.41) is 44.8. The molecule has 36 heavy (non-hydrogen) atoms. The molecular weight excluding hydrogens is 473 g/mol. The minimum absolute atomic E-state index is 0.609. The van der Waals surface area contributed by atoms with Gasteiger partial charge in [0.25, 0.3) is 0 Å². The lowest BCUT2D eigenvalue weighted by Gasteiger charge is -2.58. The maximum atomic E-state index is 10.2. The Kier molecular flexibility index (Phi) is 5.85. The summed E-state index contributed by atoms with van der Waals surface area (Å²) in [7, 11) is -5.78. The smallest absolute Gasteiger partial charge is 0.124 e. The van der Waals surface area contributed by atoms with E-state index in [0.717, 1.165) is 32.8 Å². The normalized spacial score (nSPS) is 14.8. The largest absolute Gasteiger partial charge is 0.192 e. The Morgan fingerprint density at radius 1 is 0.389 bits per heavy atom. The van der Waals surface area contributed by atoms with Crippen LogP contribution in [0.1, 0.15) is 22.3 Å². The zero-order valence-electron chi connectivity index (χ0n) is 19.4. The molecule has 168 valence electrons. The zero-order valence-corrected chi connectivity index (χ0v) is 21.4. The van der Waals surface area contributed by atoms with Gasteiger partial charge in [-0.3, -0.25) is 0 Å². The molecule has 5 rings (SSSR count). The van der Waals surface area contributed by atoms with Gasteiger partial charge in [0.15, 0.2) is 0 Å². The van der Waals surface area contributed by atoms with Crippen molar-refractivity contribution in [3.63, 3.8) is 0 Å². The first-order chi connectivity index (χ1) is 17.7. The summed E-state index contributed by atoms with van der Waals surface area (Å²) in [5.41, 5.74) is 2.43. The third kappa shape index (κ3) is 3.07. The van der Waals surface area contributed by atoms with E-state index < -0.39 is 15.2 Å². The minimum Gasteiger partial charge on any atom is -0.192 e. The Hall–Kier alpha value is -4.73. The molecule has 4 aromatic carbocycles. The molecule has 0 atom stereocenters. The van der Waals surface area contributed by atoms with Crippen LogP contribution in [0.2, 0.25) is 12.1 Å². The van der Waals surface area contributed by atoms with Crippen LogP contribution >= 0.6 is 0 Å². The summed E-state index contributed by atoms with van der Waals surface area (Å²) in [6, 6.07) is 42.3. The molecule has 0 amide bonds. The molecule has 1 aliphatic heterocycles. The number of hydrogen-bond acceptors (Lipinski definition) is 4. The van der Waals surface area contributed by atoms with Gasteiger partial charge in [0.05, 0.1) is 46.5 Å². The van der Waals surface area contributed by atoms with Crippen LogP contribution < -0.4 is 20.7 Å². The lowest BCUT2D eigenvalue weighted by Crippen LogP contribution is -2.92. The molecule has 1 saturated heterocycles. The molecule has 6 heteroatoms. The summed E-state index contributed by atoms with van der Waals surface area (Å²) < 4.78 is 0. The molecule has 4 aromatic rings. The van der Waals surface area contributed by atoms with Gasteiger partial charge in [-0.1, -0.05) is 84.9 Å². The lowest BCUT2D eigenvalue weighted by atomic mass is 10.2. The Bertz CT molecular complexity index is 1420. The van der Waals surface area contributed by atoms with Crippen LogP contribution in [0, 0.1) is 45.3 Å². The van der Waals surface area contributed by atoms with Crippen LogP contribution in [0.25, 0.3) is 0 Å². The molecule has 0 spiro atoms. The topological polar surface area (TPSA) is 95.2 Å². The van der Waals surface area contributed by atoms with E-state index in [1.54, 1.807) is 0 Å². The number of benzene rings is 4. The zero-order chi connectivity index (χ0) is 25.2. The van der Waals surface area contributed by atoms with Crippen LogP contribution in [0.3, 0.4) is 0 Å². The van der Waals surface area contributed by atoms with E-state index in [2.05, 4.69) is 24.3 Å². The highest BCUT2D eigenvalue weighted by Gasteiger charge is 2.68. The number of hydrogen-bond donors (Lipinski definition) is 0. The maximum Gasteiger partial charge on any atom is 0.124 e. The minimum atomic E-state index is -2.89. The van der Waals surface area contributed by atoms with Gasteiger partial charge in [-0.05, 0) is 45.0 Å². The molecule has 1 fully saturated rings. The van der Waals surface area contributed by atoms with E-state index >= 15 is 0 Å². The maximum absolute atomic E-state index is 10.2. The average Bonchev–Trinajstić information content (AvgIpc) is 2.94. The standard InChI is InChI=1S/C30H20N4Si2/c31-19-23-9-1-5-13-27(23)35(28-14-6-2-10-24(28)20-32)17-18-36(35,29-15-7-3-11-25(29)21-33)30-16-8-4-12-26(30)22-34/h1-16H,17-18H2. The molecule has 0 unspecified atom stereocenters. The number of rotatable bonds is 4. The van der Waals surface area contributed by atoms with Crippen molar-refractivity contribution >= 4 is 35.9 Å². The fraction of sp³-hybridized carbons (Fsp3) is 0.0667. The van der Waals surface area contributed by atoms with Crippen molar-refractivity contribution < 1.29 is 0 Å². The third-order valence-electron chi connectivity index (χ3n) is 7.63. The highest BCUT2D eigenvalue weighted by Crippen LogP contribution is 2.42. The summed E-state index contributed by atoms with van der Waals surface area (Å²) in [5.74, 6) is 0. The molecule has 1 heterocycles. The highest BCUT2D eigenvalue weighted by atomic mass is 29.3. The molecule has 0 N–H and O–H groups in total. The first kappa shape index (κ1) is 23.0. The predicted molar refractivity (Wildman–Crippen MR) is 144 cm³/mol. The third-order valence-corrected chi connectivity index (χ3v) is 26.1. The summed E-state index contributed by atoms with van der Waals surface area (Å²) >= 11 is 0. The van der Waals surface area contributed by atoms with Crippen LogP contribution in [0.5, 0.6) is 0 Å². The Morgan fingerprint density at radius 3 is 0.806 bits per heavy atom. The monoisotopic (exact) mass is 492 g/mol. The van der Waals surface area contributed by atoms with Crippen molar-refractivity contribution in [2.24, 2.45) is 0 Å². The van der Waals surface area contributed by atoms with Crippen molar-refractivity contribution in [3.05, 3.63) is 119 Å². The SMILES string of the molecule is N#Cc1ccccc1[Si]1(c2ccccc2C#N)CC[Si]1(c1ccccc1C#N)c1ccccc1C#N. The Morgan fingerprint density at radius 2 is 0.611 bits per heavy atom. The van der Waals surface area contributed by atoms with Gasteiger partial charge < -0.3 is 0 Å². The van der Waals surface area contributed by atoms with Gasteiger partial charge in [0.2, 0.25) is 0 Å². The molecule has 0 radical (unpaired) electrons. The molecular formula is C30H20N4Si2. The van der Waals surface area contributed by atoms with E-state index in [4.69, 9.17) is 0 Å². The van der Waals surface area contributed by atoms with Gasteiger partial charge >= 0.3 is 0 Å². The van der Waals surface area contributed by atoms with Crippen molar-refractivity contribution in [2.45, 2.75) is 12.1 Å². The molecule has 1 aliphatic rings. The number of nitriles is 4. The van der Waals surface area contributed by atoms with E-state index in [1.807, 2.05) is 97.1 Å². The summed E-state index contributed by atoms with van der Waals surface area (Å²) in [4.78, 5) is 0. The van der Waals surface area contributed by atoms with E-state index in [9.17, 15) is 21.0 Å². The van der Waals surface area contributed by atoms with Crippen LogP contribution in [0.15, 0.2) is 97.1 Å². The van der Waals surface area contributed by atoms with E-state index in [-0.39, 0.29) is 0 Å². The highest BCUT2D eigenvalue weighted by molar-refractivity contribution is 7.63. The molecule has 0 aromatic heterocycles. The van der Waals surface area contributed by atoms with Crippen molar-refractivity contribution in [2.75, 3.05) is 0 Å². The fourth-order valence-electron chi connectivity index (χ4n) is 6.18. The second-order valence-electron chi connectivity index (χ2n) is 8.94. The van der Waals surface area contributed by atoms with Crippen LogP contribution in [-0.2, 0) is 0 Å². The second-order valence-corrected chi connectivity index (χ2v) is 20.8. The van der Waals surface area contributed by atoms with Crippen molar-refractivity contribution in [1.29, 1.82) is 21.0 Å². The second kappa shape index (κ2) is 9.14. The van der Waals surface area contributed by atoms with Gasteiger partial charge in [-0.15, -0.1) is 0 Å². The molecule has 0 saturated carbocycles. The first-order valence-corrected chi connectivity index (χ1v) is 17.1. The molecule has 0 bridgehead atoms. The quantitative estimate of drug-likeness (QED) is 0.409. The fourth-order valence-corrected chi connectivity index (χ4v) is 26.7. The van der Waals surface area contributed by atoms with Crippen molar-refractivity contribution in [1.82, 2.24) is 0 Å². The molecule has 4 nitrogen and oxygen atoms in total. The van der Waals surface area contributed by atoms with Crippen LogP contribution in [0.4, 0.5) is 0 Å². The predicted octanol–water partition coefficient (Wildman–Crippen LogP) is 3.09. The number of nitrogens with zero attached hydrogens (tertiary/aromatic N) is 4. The average molecular weight is 493 g/mol. The van der Waals surface area contributed by atoms with Gasteiger partial charge in [-0.25, -0.2) is 0 Å². The Labute approximate surface area is 212 Å². The van der Waals surface area contributed by atoms with Gasteiger partial charge in [0.1, 0.15) is 15.2 Å². The van der Waals surface area contributed by atoms with Crippen LogP contribution in [-0.4, -0.2) is 15.2 Å². The first-order valence-electron chi connectivity index (χ1n) is 11.7. The lowest BCUT2D eigenvalue weighted by molar-refractivity contribution is 1.27. The van der Waals surface area contributed by atoms with Gasteiger partial charge in [0, 0.05) is 0 Å². The van der Waals surface area contributed by atoms with Crippen molar-refractivity contribution in [3.8, 4) is 24.3 Å². The Balaban J connectivity index is 2.03. The van der Waals surface area contributed by atoms with E-state index in [0.29, 0.717) is 22.3 Å². The van der Waals surface area contributed by atoms with E-state index in [1.165, 1.54) is 0 Å². The van der Waals surface area contributed by atoms with Gasteiger partial charge in [-0.2, -0.15) is 21.0 Å². The summed E-state index contributed by atoms with van der Waals surface area (Å²) in [6.07, 6.45) is 0.